The van der Waals surface area contributed by atoms with Crippen LogP contribution in [0.1, 0.15) is 239 Å². The van der Waals surface area contributed by atoms with Crippen LogP contribution in [-0.2, 0) is 9.47 Å². The van der Waals surface area contributed by atoms with Gasteiger partial charge < -0.3 is 9.47 Å². The molecular formula is C43H90NO3+. The van der Waals surface area contributed by atoms with Crippen LogP contribution in [0.3, 0.4) is 0 Å². The Hall–Kier alpha value is -0.160. The summed E-state index contributed by atoms with van der Waals surface area (Å²) in [4.78, 5) is 0. The average molecular weight is 669 g/mol. The second kappa shape index (κ2) is 35.7. The predicted molar refractivity (Wildman–Crippen MR) is 207 cm³/mol. The molecule has 0 unspecified atom stereocenters. The number of nitrogens with zero attached hydrogens (tertiary/aromatic N) is 1. The number of quaternary nitrogens is 1. The Bertz CT molecular complexity index is 552. The zero-order valence-corrected chi connectivity index (χ0v) is 33.4. The summed E-state index contributed by atoms with van der Waals surface area (Å²) in [6, 6.07) is 0. The van der Waals surface area contributed by atoms with Crippen LogP contribution in [0.5, 0.6) is 0 Å². The molecule has 0 aliphatic heterocycles. The number of hydroxylamine groups is 3. The molecule has 0 spiro atoms. The average Bonchev–Trinajstić information content (AvgIpc) is 3.05. The quantitative estimate of drug-likeness (QED) is 0.0306. The minimum atomic E-state index is -0.552. The van der Waals surface area contributed by atoms with E-state index in [9.17, 15) is 5.21 Å². The molecule has 0 aliphatic carbocycles. The second-order valence-corrected chi connectivity index (χ2v) is 15.7. The second-order valence-electron chi connectivity index (χ2n) is 15.7. The maximum Gasteiger partial charge on any atom is 0.173 e. The summed E-state index contributed by atoms with van der Waals surface area (Å²) in [6.45, 7) is 8.95. The molecular weight excluding hydrogens is 578 g/mol. The third-order valence-corrected chi connectivity index (χ3v) is 10.3. The summed E-state index contributed by atoms with van der Waals surface area (Å²) >= 11 is 0. The Balaban J connectivity index is 3.88. The van der Waals surface area contributed by atoms with Crippen LogP contribution in [0.15, 0.2) is 0 Å². The molecule has 0 heterocycles. The first kappa shape index (κ1) is 46.8. The van der Waals surface area contributed by atoms with Gasteiger partial charge in [0.1, 0.15) is 6.54 Å². The van der Waals surface area contributed by atoms with Crippen molar-refractivity contribution in [3.05, 3.63) is 0 Å². The van der Waals surface area contributed by atoms with Crippen molar-refractivity contribution in [3.8, 4) is 0 Å². The smallest absolute Gasteiger partial charge is 0.173 e. The van der Waals surface area contributed by atoms with Crippen LogP contribution in [0, 0.1) is 0 Å². The van der Waals surface area contributed by atoms with Crippen molar-refractivity contribution in [2.75, 3.05) is 33.9 Å². The van der Waals surface area contributed by atoms with Crippen molar-refractivity contribution in [1.82, 2.24) is 0 Å². The minimum Gasteiger partial charge on any atom is -0.350 e. The van der Waals surface area contributed by atoms with E-state index in [0.29, 0.717) is 6.54 Å². The maximum absolute atomic E-state index is 10.3. The van der Waals surface area contributed by atoms with Crippen molar-refractivity contribution in [2.24, 2.45) is 0 Å². The minimum absolute atomic E-state index is 0.0352. The first-order chi connectivity index (χ1) is 22.9. The number of rotatable bonds is 40. The van der Waals surface area contributed by atoms with Gasteiger partial charge in [0.25, 0.3) is 0 Å². The van der Waals surface area contributed by atoms with Gasteiger partial charge in [0.15, 0.2) is 5.79 Å². The molecule has 0 bridgehead atoms. The molecule has 0 saturated carbocycles. The fraction of sp³-hybridized carbons (Fsp3) is 1.00. The lowest BCUT2D eigenvalue weighted by molar-refractivity contribution is -1.07. The molecule has 0 saturated heterocycles. The van der Waals surface area contributed by atoms with Gasteiger partial charge in [-0.25, -0.2) is 5.21 Å². The zero-order chi connectivity index (χ0) is 34.6. The van der Waals surface area contributed by atoms with E-state index in [-0.39, 0.29) is 4.65 Å². The number of unbranched alkanes of at least 4 members (excludes halogenated alkanes) is 30. The monoisotopic (exact) mass is 669 g/mol. The standard InChI is InChI=1S/C43H90NO3/c1-6-9-11-13-15-17-19-21-23-25-27-29-31-33-35-37-41-46-43(8-3,39-40-44(4,5)45)47-42-38-36-34-32-30-28-26-24-22-20-18-16-14-12-10-7-2/h45H,6-42H2,1-5H3/q+1. The molecule has 0 fully saturated rings. The van der Waals surface area contributed by atoms with Gasteiger partial charge in [-0.2, -0.15) is 4.65 Å². The lowest BCUT2D eigenvalue weighted by Crippen LogP contribution is -2.44. The molecule has 0 aromatic carbocycles. The van der Waals surface area contributed by atoms with Crippen LogP contribution in [0.4, 0.5) is 0 Å². The molecule has 4 nitrogen and oxygen atoms in total. The molecule has 284 valence electrons. The molecule has 0 aromatic rings. The fourth-order valence-electron chi connectivity index (χ4n) is 6.83. The topological polar surface area (TPSA) is 38.7 Å². The number of hydrogen-bond donors (Lipinski definition) is 1. The molecule has 0 atom stereocenters. The van der Waals surface area contributed by atoms with Crippen molar-refractivity contribution in [1.29, 1.82) is 0 Å². The van der Waals surface area contributed by atoms with Crippen LogP contribution < -0.4 is 0 Å². The Morgan fingerprint density at radius 1 is 0.383 bits per heavy atom. The van der Waals surface area contributed by atoms with Gasteiger partial charge in [-0.1, -0.05) is 213 Å². The Labute approximate surface area is 297 Å². The lowest BCUT2D eigenvalue weighted by atomic mass is 10.0. The molecule has 0 aliphatic rings. The molecule has 4 heteroatoms. The van der Waals surface area contributed by atoms with Crippen molar-refractivity contribution >= 4 is 0 Å². The van der Waals surface area contributed by atoms with E-state index >= 15 is 0 Å². The van der Waals surface area contributed by atoms with E-state index in [1.54, 1.807) is 0 Å². The van der Waals surface area contributed by atoms with E-state index in [1.807, 2.05) is 14.1 Å². The largest absolute Gasteiger partial charge is 0.350 e. The molecule has 0 radical (unpaired) electrons. The summed E-state index contributed by atoms with van der Waals surface area (Å²) < 4.78 is 12.9. The third-order valence-electron chi connectivity index (χ3n) is 10.3. The highest BCUT2D eigenvalue weighted by atomic mass is 16.7. The first-order valence-corrected chi connectivity index (χ1v) is 21.7. The summed E-state index contributed by atoms with van der Waals surface area (Å²) in [5.41, 5.74) is 0. The SMILES string of the molecule is CCCCCCCCCCCCCCCCCCOC(CC)(CC[N+](C)(C)O)OCCCCCCCCCCCCCCCCCC. The van der Waals surface area contributed by atoms with E-state index in [4.69, 9.17) is 9.47 Å². The normalized spacial score (nSPS) is 12.4. The van der Waals surface area contributed by atoms with Crippen LogP contribution in [0.25, 0.3) is 0 Å². The Kier molecular flexibility index (Phi) is 35.5. The van der Waals surface area contributed by atoms with Crippen molar-refractivity contribution < 1.29 is 19.3 Å². The van der Waals surface area contributed by atoms with Gasteiger partial charge in [0, 0.05) is 0 Å². The van der Waals surface area contributed by atoms with Crippen molar-refractivity contribution in [2.45, 2.75) is 245 Å². The Morgan fingerprint density at radius 3 is 0.830 bits per heavy atom. The number of hydrogen-bond acceptors (Lipinski definition) is 3. The highest BCUT2D eigenvalue weighted by Gasteiger charge is 2.33. The molecule has 1 N–H and O–H groups in total. The molecule has 0 aromatic heterocycles. The fourth-order valence-corrected chi connectivity index (χ4v) is 6.83. The van der Waals surface area contributed by atoms with Gasteiger partial charge in [-0.3, -0.25) is 0 Å². The summed E-state index contributed by atoms with van der Waals surface area (Å²) in [6.07, 6.45) is 45.9. The van der Waals surface area contributed by atoms with Crippen LogP contribution in [-0.4, -0.2) is 49.5 Å². The van der Waals surface area contributed by atoms with Gasteiger partial charge in [-0.15, -0.1) is 0 Å². The van der Waals surface area contributed by atoms with Crippen LogP contribution in [0.2, 0.25) is 0 Å². The van der Waals surface area contributed by atoms with Crippen molar-refractivity contribution in [3.63, 3.8) is 0 Å². The summed E-state index contributed by atoms with van der Waals surface area (Å²) in [5, 5.41) is 10.3. The zero-order valence-electron chi connectivity index (χ0n) is 33.4. The van der Waals surface area contributed by atoms with E-state index in [1.165, 1.54) is 193 Å². The summed E-state index contributed by atoms with van der Waals surface area (Å²) in [7, 11) is 3.68. The molecule has 0 rings (SSSR count). The lowest BCUT2D eigenvalue weighted by Gasteiger charge is -2.34. The highest BCUT2D eigenvalue weighted by molar-refractivity contribution is 4.69. The van der Waals surface area contributed by atoms with Gasteiger partial charge in [-0.05, 0) is 19.3 Å². The van der Waals surface area contributed by atoms with E-state index in [0.717, 1.165) is 38.9 Å². The molecule has 0 amide bonds. The summed E-state index contributed by atoms with van der Waals surface area (Å²) in [5.74, 6) is -0.552. The maximum atomic E-state index is 10.3. The Morgan fingerprint density at radius 2 is 0.617 bits per heavy atom. The number of ether oxygens (including phenoxy) is 2. The van der Waals surface area contributed by atoms with E-state index < -0.39 is 5.79 Å². The van der Waals surface area contributed by atoms with Gasteiger partial charge in [0.05, 0.1) is 33.7 Å². The third kappa shape index (κ3) is 35.5. The highest BCUT2D eigenvalue weighted by Crippen LogP contribution is 2.25. The predicted octanol–water partition coefficient (Wildman–Crippen LogP) is 14.5. The van der Waals surface area contributed by atoms with Gasteiger partial charge in [0.2, 0.25) is 0 Å². The van der Waals surface area contributed by atoms with Crippen LogP contribution >= 0.6 is 0 Å². The van der Waals surface area contributed by atoms with Gasteiger partial charge >= 0.3 is 0 Å². The first-order valence-electron chi connectivity index (χ1n) is 21.7. The van der Waals surface area contributed by atoms with E-state index in [2.05, 4.69) is 20.8 Å². The molecule has 47 heavy (non-hydrogen) atoms.